The van der Waals surface area contributed by atoms with Gasteiger partial charge in [-0.25, -0.2) is 4.79 Å². The van der Waals surface area contributed by atoms with Gasteiger partial charge in [-0.1, -0.05) is 35.3 Å². The molecule has 7 heteroatoms. The Bertz CT molecular complexity index is 722. The zero-order valence-electron chi connectivity index (χ0n) is 11.2. The molecule has 0 heterocycles. The van der Waals surface area contributed by atoms with Crippen LogP contribution in [0.1, 0.15) is 10.4 Å². The highest BCUT2D eigenvalue weighted by Crippen LogP contribution is 2.26. The number of benzene rings is 2. The molecule has 22 heavy (non-hydrogen) atoms. The van der Waals surface area contributed by atoms with Gasteiger partial charge in [-0.3, -0.25) is 4.79 Å². The Kier molecular flexibility index (Phi) is 5.71. The van der Waals surface area contributed by atoms with Crippen molar-refractivity contribution in [2.45, 2.75) is 4.90 Å². The SMILES string of the molecule is O=C(CSc1ccccc1C(=O)O)Nc1ccc(Cl)c(Cl)c1. The predicted octanol–water partition coefficient (Wildman–Crippen LogP) is 4.42. The second-order valence-corrected chi connectivity index (χ2v) is 6.10. The van der Waals surface area contributed by atoms with Gasteiger partial charge in [-0.15, -0.1) is 11.8 Å². The lowest BCUT2D eigenvalue weighted by molar-refractivity contribution is -0.113. The van der Waals surface area contributed by atoms with Crippen molar-refractivity contribution in [1.82, 2.24) is 0 Å². The minimum Gasteiger partial charge on any atom is -0.478 e. The molecule has 2 aromatic rings. The lowest BCUT2D eigenvalue weighted by Crippen LogP contribution is -2.14. The van der Waals surface area contributed by atoms with E-state index in [0.29, 0.717) is 20.6 Å². The van der Waals surface area contributed by atoms with E-state index >= 15 is 0 Å². The maximum absolute atomic E-state index is 11.9. The van der Waals surface area contributed by atoms with Crippen LogP contribution in [0, 0.1) is 0 Å². The van der Waals surface area contributed by atoms with Gasteiger partial charge in [-0.05, 0) is 30.3 Å². The van der Waals surface area contributed by atoms with Crippen molar-refractivity contribution < 1.29 is 14.7 Å². The molecule has 0 fully saturated rings. The van der Waals surface area contributed by atoms with Crippen molar-refractivity contribution in [3.8, 4) is 0 Å². The third-order valence-electron chi connectivity index (χ3n) is 2.68. The Labute approximate surface area is 141 Å². The van der Waals surface area contributed by atoms with Crippen molar-refractivity contribution in [1.29, 1.82) is 0 Å². The molecule has 2 rings (SSSR count). The van der Waals surface area contributed by atoms with E-state index in [-0.39, 0.29) is 17.2 Å². The first-order valence-electron chi connectivity index (χ1n) is 6.17. The summed E-state index contributed by atoms with van der Waals surface area (Å²) >= 11 is 12.8. The van der Waals surface area contributed by atoms with Crippen molar-refractivity contribution in [3.63, 3.8) is 0 Å². The molecular formula is C15H11Cl2NO3S. The number of rotatable bonds is 5. The Hall–Kier alpha value is -1.69. The van der Waals surface area contributed by atoms with Gasteiger partial charge in [0, 0.05) is 10.6 Å². The molecule has 4 nitrogen and oxygen atoms in total. The first kappa shape index (κ1) is 16.7. The fraction of sp³-hybridized carbons (Fsp3) is 0.0667. The van der Waals surface area contributed by atoms with E-state index in [2.05, 4.69) is 5.32 Å². The number of thioether (sulfide) groups is 1. The number of aromatic carboxylic acids is 1. The normalized spacial score (nSPS) is 10.3. The van der Waals surface area contributed by atoms with Crippen molar-refractivity contribution in [2.75, 3.05) is 11.1 Å². The highest BCUT2D eigenvalue weighted by Gasteiger charge is 2.11. The fourth-order valence-corrected chi connectivity index (χ4v) is 2.83. The van der Waals surface area contributed by atoms with Gasteiger partial charge in [0.25, 0.3) is 0 Å². The summed E-state index contributed by atoms with van der Waals surface area (Å²) < 4.78 is 0. The highest BCUT2D eigenvalue weighted by atomic mass is 35.5. The average Bonchev–Trinajstić information content (AvgIpc) is 2.49. The minimum absolute atomic E-state index is 0.0878. The molecule has 0 aliphatic heterocycles. The van der Waals surface area contributed by atoms with E-state index < -0.39 is 5.97 Å². The van der Waals surface area contributed by atoms with Crippen LogP contribution in [0.2, 0.25) is 10.0 Å². The molecule has 114 valence electrons. The molecule has 1 amide bonds. The Morgan fingerprint density at radius 2 is 1.82 bits per heavy atom. The first-order chi connectivity index (χ1) is 10.5. The van der Waals surface area contributed by atoms with Gasteiger partial charge in [0.15, 0.2) is 0 Å². The van der Waals surface area contributed by atoms with E-state index in [1.807, 2.05) is 0 Å². The molecule has 0 aliphatic carbocycles. The Morgan fingerprint density at radius 3 is 2.50 bits per heavy atom. The molecule has 0 atom stereocenters. The largest absolute Gasteiger partial charge is 0.478 e. The number of hydrogen-bond acceptors (Lipinski definition) is 3. The summed E-state index contributed by atoms with van der Waals surface area (Å²) in [6.07, 6.45) is 0. The van der Waals surface area contributed by atoms with E-state index in [0.717, 1.165) is 11.8 Å². The van der Waals surface area contributed by atoms with Crippen LogP contribution in [0.25, 0.3) is 0 Å². The van der Waals surface area contributed by atoms with Crippen LogP contribution in [-0.2, 0) is 4.79 Å². The number of anilines is 1. The molecular weight excluding hydrogens is 345 g/mol. The number of nitrogens with one attached hydrogen (secondary N) is 1. The van der Waals surface area contributed by atoms with E-state index in [1.165, 1.54) is 6.07 Å². The van der Waals surface area contributed by atoms with Crippen molar-refractivity contribution >= 4 is 52.5 Å². The lowest BCUT2D eigenvalue weighted by Gasteiger charge is -2.07. The van der Waals surface area contributed by atoms with Gasteiger partial charge in [0.2, 0.25) is 5.91 Å². The van der Waals surface area contributed by atoms with Crippen LogP contribution in [0.15, 0.2) is 47.4 Å². The molecule has 0 aromatic heterocycles. The summed E-state index contributed by atoms with van der Waals surface area (Å²) in [7, 11) is 0. The molecule has 0 aliphatic rings. The van der Waals surface area contributed by atoms with Crippen LogP contribution in [0.4, 0.5) is 5.69 Å². The smallest absolute Gasteiger partial charge is 0.336 e. The van der Waals surface area contributed by atoms with Crippen LogP contribution in [0.3, 0.4) is 0 Å². The lowest BCUT2D eigenvalue weighted by atomic mass is 10.2. The third kappa shape index (κ3) is 4.40. The van der Waals surface area contributed by atoms with Crippen LogP contribution in [0.5, 0.6) is 0 Å². The van der Waals surface area contributed by atoms with Crippen LogP contribution >= 0.6 is 35.0 Å². The number of carboxylic acids is 1. The van der Waals surface area contributed by atoms with E-state index in [9.17, 15) is 9.59 Å². The van der Waals surface area contributed by atoms with Crippen LogP contribution < -0.4 is 5.32 Å². The third-order valence-corrected chi connectivity index (χ3v) is 4.49. The summed E-state index contributed by atoms with van der Waals surface area (Å²) in [6, 6.07) is 11.3. The second kappa shape index (κ2) is 7.54. The fourth-order valence-electron chi connectivity index (χ4n) is 1.68. The zero-order chi connectivity index (χ0) is 16.1. The van der Waals surface area contributed by atoms with E-state index in [4.69, 9.17) is 28.3 Å². The number of carboxylic acid groups (broad SMARTS) is 1. The molecule has 2 aromatic carbocycles. The number of carbonyl (C=O) groups excluding carboxylic acids is 1. The van der Waals surface area contributed by atoms with Crippen molar-refractivity contribution in [3.05, 3.63) is 58.1 Å². The number of hydrogen-bond donors (Lipinski definition) is 2. The van der Waals surface area contributed by atoms with Gasteiger partial charge >= 0.3 is 5.97 Å². The highest BCUT2D eigenvalue weighted by molar-refractivity contribution is 8.00. The molecule has 0 radical (unpaired) electrons. The molecule has 0 saturated carbocycles. The maximum atomic E-state index is 11.9. The van der Waals surface area contributed by atoms with Gasteiger partial charge < -0.3 is 10.4 Å². The zero-order valence-corrected chi connectivity index (χ0v) is 13.5. The number of halogens is 2. The summed E-state index contributed by atoms with van der Waals surface area (Å²) in [5.74, 6) is -1.19. The average molecular weight is 356 g/mol. The van der Waals surface area contributed by atoms with Gasteiger partial charge in [0.05, 0.1) is 21.4 Å². The van der Waals surface area contributed by atoms with Crippen molar-refractivity contribution in [2.24, 2.45) is 0 Å². The Balaban J connectivity index is 1.98. The maximum Gasteiger partial charge on any atom is 0.336 e. The molecule has 0 spiro atoms. The predicted molar refractivity (Wildman–Crippen MR) is 89.2 cm³/mol. The number of amides is 1. The van der Waals surface area contributed by atoms with Gasteiger partial charge in [-0.2, -0.15) is 0 Å². The minimum atomic E-state index is -1.02. The second-order valence-electron chi connectivity index (χ2n) is 4.27. The summed E-state index contributed by atoms with van der Waals surface area (Å²) in [4.78, 5) is 23.5. The monoisotopic (exact) mass is 355 g/mol. The Morgan fingerprint density at radius 1 is 1.09 bits per heavy atom. The summed E-state index contributed by atoms with van der Waals surface area (Å²) in [5, 5.41) is 12.5. The number of carbonyl (C=O) groups is 2. The van der Waals surface area contributed by atoms with E-state index in [1.54, 1.807) is 36.4 Å². The summed E-state index contributed by atoms with van der Waals surface area (Å²) in [5.41, 5.74) is 0.710. The molecule has 0 unspecified atom stereocenters. The van der Waals surface area contributed by atoms with Crippen LogP contribution in [-0.4, -0.2) is 22.7 Å². The molecule has 0 bridgehead atoms. The summed E-state index contributed by atoms with van der Waals surface area (Å²) in [6.45, 7) is 0. The first-order valence-corrected chi connectivity index (χ1v) is 7.91. The standard InChI is InChI=1S/C15H11Cl2NO3S/c16-11-6-5-9(7-12(11)17)18-14(19)8-22-13-4-2-1-3-10(13)15(20)21/h1-7H,8H2,(H,18,19)(H,20,21). The van der Waals surface area contributed by atoms with Gasteiger partial charge in [0.1, 0.15) is 0 Å². The quantitative estimate of drug-likeness (QED) is 0.779. The topological polar surface area (TPSA) is 66.4 Å². The molecule has 2 N–H and O–H groups in total. The molecule has 0 saturated heterocycles.